The van der Waals surface area contributed by atoms with Crippen molar-refractivity contribution in [1.82, 2.24) is 19.9 Å². The molecule has 0 saturated heterocycles. The highest BCUT2D eigenvalue weighted by Gasteiger charge is 2.16. The molecule has 1 aromatic carbocycles. The highest BCUT2D eigenvalue weighted by atomic mass is 127. The zero-order chi connectivity index (χ0) is 19.7. The molecule has 0 atom stereocenters. The summed E-state index contributed by atoms with van der Waals surface area (Å²) in [6, 6.07) is 5.74. The number of hydrogen-bond donors (Lipinski definition) is 3. The fraction of sp³-hybridized carbons (Fsp3) is 0.176. The van der Waals surface area contributed by atoms with Crippen LogP contribution in [0.4, 0.5) is 15.8 Å². The number of halogens is 2. The third-order valence-corrected chi connectivity index (χ3v) is 4.61. The van der Waals surface area contributed by atoms with E-state index in [1.54, 1.807) is 6.07 Å². The number of carbonyl (C=O) groups excluding carboxylic acids is 1. The Morgan fingerprint density at radius 1 is 1.30 bits per heavy atom. The van der Waals surface area contributed by atoms with E-state index in [4.69, 9.17) is 0 Å². The maximum atomic E-state index is 14.2. The van der Waals surface area contributed by atoms with Crippen molar-refractivity contribution in [1.29, 1.82) is 0 Å². The highest BCUT2D eigenvalue weighted by Crippen LogP contribution is 2.24. The molecule has 0 unspecified atom stereocenters. The van der Waals surface area contributed by atoms with E-state index in [-0.39, 0.29) is 40.6 Å². The van der Waals surface area contributed by atoms with E-state index in [1.807, 2.05) is 22.6 Å². The molecule has 1 amide bonds. The quantitative estimate of drug-likeness (QED) is 0.487. The molecule has 0 radical (unpaired) electrons. The van der Waals surface area contributed by atoms with Gasteiger partial charge in [-0.25, -0.2) is 9.37 Å². The van der Waals surface area contributed by atoms with Gasteiger partial charge in [-0.15, -0.1) is 0 Å². The first-order valence-electron chi connectivity index (χ1n) is 7.85. The second-order valence-electron chi connectivity index (χ2n) is 5.77. The molecule has 10 heteroatoms. The van der Waals surface area contributed by atoms with Crippen LogP contribution in [0, 0.1) is 9.39 Å². The lowest BCUT2D eigenvalue weighted by atomic mass is 10.2. The molecule has 2 heterocycles. The molecule has 0 aliphatic heterocycles. The van der Waals surface area contributed by atoms with E-state index in [1.165, 1.54) is 36.9 Å². The molecule has 0 aliphatic rings. The number of aromatic nitrogens is 3. The molecule has 0 spiro atoms. The second-order valence-corrected chi connectivity index (χ2v) is 7.01. The van der Waals surface area contributed by atoms with Gasteiger partial charge in [0.15, 0.2) is 5.65 Å². The van der Waals surface area contributed by atoms with Gasteiger partial charge in [-0.2, -0.15) is 0 Å². The van der Waals surface area contributed by atoms with Crippen molar-refractivity contribution in [3.05, 3.63) is 60.2 Å². The average molecular weight is 483 g/mol. The summed E-state index contributed by atoms with van der Waals surface area (Å²) in [7, 11) is 2.94. The fourth-order valence-electron chi connectivity index (χ4n) is 2.55. The number of rotatable bonds is 4. The lowest BCUT2D eigenvalue weighted by Crippen LogP contribution is -2.26. The Bertz CT molecular complexity index is 1170. The van der Waals surface area contributed by atoms with Gasteiger partial charge < -0.3 is 15.6 Å². The summed E-state index contributed by atoms with van der Waals surface area (Å²) in [6.07, 6.45) is -0.140. The van der Waals surface area contributed by atoms with Crippen LogP contribution in [-0.2, 0) is 18.3 Å². The maximum absolute atomic E-state index is 14.2. The lowest BCUT2D eigenvalue weighted by Gasteiger charge is -2.13. The number of aromatic amines is 1. The van der Waals surface area contributed by atoms with E-state index < -0.39 is 16.9 Å². The summed E-state index contributed by atoms with van der Waals surface area (Å²) in [4.78, 5) is 43.2. The number of nitrogens with one attached hydrogen (secondary N) is 3. The zero-order valence-corrected chi connectivity index (χ0v) is 16.5. The molecule has 0 aliphatic carbocycles. The monoisotopic (exact) mass is 483 g/mol. The molecule has 0 saturated carbocycles. The van der Waals surface area contributed by atoms with Gasteiger partial charge in [-0.1, -0.05) is 0 Å². The average Bonchev–Trinajstić information content (AvgIpc) is 2.61. The summed E-state index contributed by atoms with van der Waals surface area (Å²) >= 11 is 1.98. The Balaban J connectivity index is 2.19. The molecule has 3 N–H and O–H groups in total. The van der Waals surface area contributed by atoms with Gasteiger partial charge in [-0.3, -0.25) is 19.0 Å². The normalized spacial score (nSPS) is 10.8. The summed E-state index contributed by atoms with van der Waals surface area (Å²) < 4.78 is 16.1. The van der Waals surface area contributed by atoms with Crippen LogP contribution in [0.3, 0.4) is 0 Å². The second kappa shape index (κ2) is 7.47. The minimum absolute atomic E-state index is 0.0932. The molecule has 140 valence electrons. The number of fused-ring (bicyclic) bond motifs is 1. The number of pyridine rings is 1. The minimum Gasteiger partial charge on any atom is -0.359 e. The van der Waals surface area contributed by atoms with E-state index in [0.717, 1.165) is 0 Å². The molecule has 27 heavy (non-hydrogen) atoms. The SMILES string of the molecule is CNC(=O)Cc1nc2c(c(Nc3ccc(I)cc3F)cc(=O)n2C)c(=O)[nH]1. The Kier molecular flexibility index (Phi) is 5.26. The van der Waals surface area contributed by atoms with Crippen LogP contribution in [0.1, 0.15) is 5.82 Å². The van der Waals surface area contributed by atoms with Gasteiger partial charge in [-0.05, 0) is 40.8 Å². The minimum atomic E-state index is -0.539. The number of hydrogen-bond acceptors (Lipinski definition) is 5. The zero-order valence-electron chi connectivity index (χ0n) is 14.4. The van der Waals surface area contributed by atoms with E-state index in [0.29, 0.717) is 3.57 Å². The number of H-pyrrole nitrogens is 1. The van der Waals surface area contributed by atoms with Crippen LogP contribution in [0.5, 0.6) is 0 Å². The topological polar surface area (TPSA) is 109 Å². The Labute approximate surface area is 166 Å². The van der Waals surface area contributed by atoms with Gasteiger partial charge in [0.2, 0.25) is 5.91 Å². The molecule has 3 rings (SSSR count). The Morgan fingerprint density at radius 3 is 2.70 bits per heavy atom. The van der Waals surface area contributed by atoms with Crippen molar-refractivity contribution in [2.24, 2.45) is 7.05 Å². The maximum Gasteiger partial charge on any atom is 0.262 e. The largest absolute Gasteiger partial charge is 0.359 e. The molecule has 8 nitrogen and oxygen atoms in total. The van der Waals surface area contributed by atoms with Gasteiger partial charge in [0.05, 0.1) is 17.8 Å². The van der Waals surface area contributed by atoms with Crippen LogP contribution < -0.4 is 21.8 Å². The van der Waals surface area contributed by atoms with Crippen molar-refractivity contribution >= 4 is 50.9 Å². The third kappa shape index (κ3) is 3.84. The summed E-state index contributed by atoms with van der Waals surface area (Å²) in [5, 5.41) is 5.32. The number of likely N-dealkylation sites (N-methyl/N-ethyl adjacent to an activating group) is 1. The van der Waals surface area contributed by atoms with Gasteiger partial charge >= 0.3 is 0 Å². The molecular formula is C17H15FIN5O3. The smallest absolute Gasteiger partial charge is 0.262 e. The predicted molar refractivity (Wildman–Crippen MR) is 108 cm³/mol. The number of aryl methyl sites for hydroxylation is 1. The highest BCUT2D eigenvalue weighted by molar-refractivity contribution is 14.1. The molecule has 3 aromatic rings. The Hall–Kier alpha value is -2.76. The van der Waals surface area contributed by atoms with E-state index in [9.17, 15) is 18.8 Å². The first-order chi connectivity index (χ1) is 12.8. The standard InChI is InChI=1S/C17H15FIN5O3/c1-20-13(25)7-12-22-16-15(17(27)23-12)11(6-14(26)24(16)2)21-10-4-3-8(19)5-9(10)18/h3-6,21H,7H2,1-2H3,(H,20,25)(H,22,23,27). The van der Waals surface area contributed by atoms with E-state index in [2.05, 4.69) is 20.6 Å². The van der Waals surface area contributed by atoms with Crippen LogP contribution in [0.2, 0.25) is 0 Å². The number of carbonyl (C=O) groups is 1. The number of benzene rings is 1. The number of anilines is 2. The van der Waals surface area contributed by atoms with Gasteiger partial charge in [0, 0.05) is 23.7 Å². The number of nitrogens with zero attached hydrogens (tertiary/aromatic N) is 2. The predicted octanol–water partition coefficient (Wildman–Crippen LogP) is 1.40. The molecule has 0 fully saturated rings. The fourth-order valence-corrected chi connectivity index (χ4v) is 3.00. The third-order valence-electron chi connectivity index (χ3n) is 3.94. The van der Waals surface area contributed by atoms with Crippen molar-refractivity contribution < 1.29 is 9.18 Å². The van der Waals surface area contributed by atoms with Crippen LogP contribution in [0.15, 0.2) is 33.9 Å². The van der Waals surface area contributed by atoms with Crippen molar-refractivity contribution in [3.63, 3.8) is 0 Å². The van der Waals surface area contributed by atoms with Crippen molar-refractivity contribution in [3.8, 4) is 0 Å². The molecule has 0 bridgehead atoms. The Morgan fingerprint density at radius 2 is 2.04 bits per heavy atom. The van der Waals surface area contributed by atoms with Crippen molar-refractivity contribution in [2.45, 2.75) is 6.42 Å². The first-order valence-corrected chi connectivity index (χ1v) is 8.93. The van der Waals surface area contributed by atoms with Gasteiger partial charge in [0.25, 0.3) is 11.1 Å². The molecule has 2 aromatic heterocycles. The van der Waals surface area contributed by atoms with Crippen LogP contribution in [0.25, 0.3) is 11.0 Å². The summed E-state index contributed by atoms with van der Waals surface area (Å²) in [5.41, 5.74) is -0.617. The number of amides is 1. The summed E-state index contributed by atoms with van der Waals surface area (Å²) in [5.74, 6) is -0.728. The molecular weight excluding hydrogens is 468 g/mol. The van der Waals surface area contributed by atoms with Gasteiger partial charge in [0.1, 0.15) is 17.0 Å². The summed E-state index contributed by atoms with van der Waals surface area (Å²) in [6.45, 7) is 0. The van der Waals surface area contributed by atoms with Crippen LogP contribution >= 0.6 is 22.6 Å². The lowest BCUT2D eigenvalue weighted by molar-refractivity contribution is -0.120. The van der Waals surface area contributed by atoms with Crippen molar-refractivity contribution in [2.75, 3.05) is 12.4 Å². The van der Waals surface area contributed by atoms with Crippen LogP contribution in [-0.4, -0.2) is 27.5 Å². The van der Waals surface area contributed by atoms with E-state index >= 15 is 0 Å². The first kappa shape index (κ1) is 19.0.